The van der Waals surface area contributed by atoms with E-state index < -0.39 is 0 Å². The van der Waals surface area contributed by atoms with Crippen LogP contribution in [0.1, 0.15) is 5.69 Å². The molecule has 1 aromatic rings. The third-order valence-electron chi connectivity index (χ3n) is 1.69. The minimum atomic E-state index is 0.771. The molecule has 0 aromatic carbocycles. The fraction of sp³-hybridized carbons (Fsp3) is 0.500. The van der Waals surface area contributed by atoms with Gasteiger partial charge in [0.2, 0.25) is 0 Å². The first-order valence-corrected chi connectivity index (χ1v) is 3.66. The lowest BCUT2D eigenvalue weighted by molar-refractivity contribution is 0.476. The minimum Gasteiger partial charge on any atom is -0.309 e. The molecular formula is C6H8ClN3. The van der Waals surface area contributed by atoms with Gasteiger partial charge >= 0.3 is 0 Å². The van der Waals surface area contributed by atoms with Gasteiger partial charge in [-0.05, 0) is 0 Å². The smallest absolute Gasteiger partial charge is 0.0831 e. The van der Waals surface area contributed by atoms with Crippen LogP contribution in [0.5, 0.6) is 0 Å². The van der Waals surface area contributed by atoms with Crippen molar-refractivity contribution in [3.8, 4) is 0 Å². The van der Waals surface area contributed by atoms with Crippen molar-refractivity contribution in [3.05, 3.63) is 16.9 Å². The molecule has 0 saturated heterocycles. The second-order valence-corrected chi connectivity index (χ2v) is 2.75. The van der Waals surface area contributed by atoms with Crippen LogP contribution >= 0.6 is 11.6 Å². The van der Waals surface area contributed by atoms with Crippen LogP contribution in [-0.4, -0.2) is 16.3 Å². The predicted octanol–water partition coefficient (Wildman–Crippen LogP) is 0.640. The number of fused-ring (bicyclic) bond motifs is 1. The average molecular weight is 158 g/mol. The molecule has 1 aliphatic heterocycles. The summed E-state index contributed by atoms with van der Waals surface area (Å²) < 4.78 is 1.94. The molecule has 4 heteroatoms. The van der Waals surface area contributed by atoms with E-state index in [-0.39, 0.29) is 0 Å². The molecule has 0 amide bonds. The van der Waals surface area contributed by atoms with Gasteiger partial charge in [-0.3, -0.25) is 4.68 Å². The molecule has 2 rings (SSSR count). The SMILES string of the molecule is Clc1cnn2c1CNCC2. The molecule has 0 fully saturated rings. The van der Waals surface area contributed by atoms with Gasteiger partial charge in [0.15, 0.2) is 0 Å². The Hall–Kier alpha value is -0.540. The Kier molecular flexibility index (Phi) is 1.39. The topological polar surface area (TPSA) is 29.9 Å². The third kappa shape index (κ3) is 0.822. The van der Waals surface area contributed by atoms with Crippen molar-refractivity contribution in [1.29, 1.82) is 0 Å². The van der Waals surface area contributed by atoms with Crippen molar-refractivity contribution in [2.45, 2.75) is 13.1 Å². The summed E-state index contributed by atoms with van der Waals surface area (Å²) in [4.78, 5) is 0. The molecule has 0 bridgehead atoms. The zero-order valence-electron chi connectivity index (χ0n) is 5.47. The van der Waals surface area contributed by atoms with Crippen LogP contribution < -0.4 is 5.32 Å². The summed E-state index contributed by atoms with van der Waals surface area (Å²) >= 11 is 5.83. The quantitative estimate of drug-likeness (QED) is 0.599. The van der Waals surface area contributed by atoms with Gasteiger partial charge in [-0.25, -0.2) is 0 Å². The molecule has 0 spiro atoms. The lowest BCUT2D eigenvalue weighted by atomic mass is 10.3. The van der Waals surface area contributed by atoms with Gasteiger partial charge in [-0.2, -0.15) is 5.10 Å². The first-order chi connectivity index (χ1) is 4.88. The van der Waals surface area contributed by atoms with Gasteiger partial charge in [-0.15, -0.1) is 0 Å². The van der Waals surface area contributed by atoms with Crippen molar-refractivity contribution in [1.82, 2.24) is 15.1 Å². The van der Waals surface area contributed by atoms with Crippen LogP contribution in [0.25, 0.3) is 0 Å². The molecule has 0 atom stereocenters. The Balaban J connectivity index is 2.45. The summed E-state index contributed by atoms with van der Waals surface area (Å²) in [5.74, 6) is 0. The normalized spacial score (nSPS) is 16.9. The van der Waals surface area contributed by atoms with Crippen molar-refractivity contribution in [2.75, 3.05) is 6.54 Å². The zero-order chi connectivity index (χ0) is 6.97. The minimum absolute atomic E-state index is 0.771. The van der Waals surface area contributed by atoms with E-state index in [0.29, 0.717) is 0 Å². The maximum atomic E-state index is 5.83. The van der Waals surface area contributed by atoms with Crippen molar-refractivity contribution >= 4 is 11.6 Å². The average Bonchev–Trinajstić information content (AvgIpc) is 2.34. The second-order valence-electron chi connectivity index (χ2n) is 2.34. The summed E-state index contributed by atoms with van der Waals surface area (Å²) in [7, 11) is 0. The number of aromatic nitrogens is 2. The first-order valence-electron chi connectivity index (χ1n) is 3.29. The highest BCUT2D eigenvalue weighted by atomic mass is 35.5. The Morgan fingerprint density at radius 3 is 3.40 bits per heavy atom. The van der Waals surface area contributed by atoms with E-state index in [1.54, 1.807) is 6.20 Å². The van der Waals surface area contributed by atoms with Crippen molar-refractivity contribution in [2.24, 2.45) is 0 Å². The molecule has 3 nitrogen and oxygen atoms in total. The van der Waals surface area contributed by atoms with Crippen LogP contribution in [0.4, 0.5) is 0 Å². The van der Waals surface area contributed by atoms with Crippen molar-refractivity contribution in [3.63, 3.8) is 0 Å². The molecule has 0 unspecified atom stereocenters. The molecule has 10 heavy (non-hydrogen) atoms. The van der Waals surface area contributed by atoms with E-state index in [4.69, 9.17) is 11.6 Å². The standard InChI is InChI=1S/C6H8ClN3/c7-5-3-9-10-2-1-8-4-6(5)10/h3,8H,1-2,4H2. The van der Waals surface area contributed by atoms with Gasteiger partial charge < -0.3 is 5.32 Å². The van der Waals surface area contributed by atoms with Gasteiger partial charge in [0.1, 0.15) is 0 Å². The van der Waals surface area contributed by atoms with Crippen LogP contribution in [0.3, 0.4) is 0 Å². The number of nitrogens with zero attached hydrogens (tertiary/aromatic N) is 2. The maximum Gasteiger partial charge on any atom is 0.0831 e. The number of hydrogen-bond donors (Lipinski definition) is 1. The summed E-state index contributed by atoms with van der Waals surface area (Å²) in [6, 6.07) is 0. The Bertz CT molecular complexity index is 243. The monoisotopic (exact) mass is 157 g/mol. The van der Waals surface area contributed by atoms with Crippen LogP contribution in [0.15, 0.2) is 6.20 Å². The van der Waals surface area contributed by atoms with Gasteiger partial charge in [0, 0.05) is 13.1 Å². The molecule has 1 aliphatic rings. The molecular weight excluding hydrogens is 150 g/mol. The summed E-state index contributed by atoms with van der Waals surface area (Å²) in [6.07, 6.45) is 1.70. The molecule has 0 radical (unpaired) electrons. The van der Waals surface area contributed by atoms with Crippen LogP contribution in [-0.2, 0) is 13.1 Å². The Morgan fingerprint density at radius 1 is 1.70 bits per heavy atom. The highest BCUT2D eigenvalue weighted by Crippen LogP contribution is 2.15. The molecule has 0 saturated carbocycles. The number of hydrogen-bond acceptors (Lipinski definition) is 2. The molecule has 2 heterocycles. The fourth-order valence-electron chi connectivity index (χ4n) is 1.15. The van der Waals surface area contributed by atoms with Crippen LogP contribution in [0, 0.1) is 0 Å². The second kappa shape index (κ2) is 2.25. The van der Waals surface area contributed by atoms with E-state index in [1.807, 2.05) is 4.68 Å². The fourth-order valence-corrected chi connectivity index (χ4v) is 1.36. The van der Waals surface area contributed by atoms with Gasteiger partial charge in [0.05, 0.1) is 23.5 Å². The van der Waals surface area contributed by atoms with Crippen molar-refractivity contribution < 1.29 is 0 Å². The van der Waals surface area contributed by atoms with Crippen LogP contribution in [0.2, 0.25) is 5.02 Å². The van der Waals surface area contributed by atoms with Gasteiger partial charge in [0.25, 0.3) is 0 Å². The van der Waals surface area contributed by atoms with E-state index in [9.17, 15) is 0 Å². The number of halogens is 1. The van der Waals surface area contributed by atoms with Gasteiger partial charge in [-0.1, -0.05) is 11.6 Å². The summed E-state index contributed by atoms with van der Waals surface area (Å²) in [5, 5.41) is 8.09. The highest BCUT2D eigenvalue weighted by Gasteiger charge is 2.11. The molecule has 0 aliphatic carbocycles. The third-order valence-corrected chi connectivity index (χ3v) is 2.01. The lowest BCUT2D eigenvalue weighted by Gasteiger charge is -2.14. The van der Waals surface area contributed by atoms with E-state index in [2.05, 4.69) is 10.4 Å². The number of nitrogens with one attached hydrogen (secondary N) is 1. The maximum absolute atomic E-state index is 5.83. The zero-order valence-corrected chi connectivity index (χ0v) is 6.23. The lowest BCUT2D eigenvalue weighted by Crippen LogP contribution is -2.28. The largest absolute Gasteiger partial charge is 0.309 e. The predicted molar refractivity (Wildman–Crippen MR) is 38.9 cm³/mol. The molecule has 1 aromatic heterocycles. The summed E-state index contributed by atoms with van der Waals surface area (Å²) in [5.41, 5.74) is 1.10. The highest BCUT2D eigenvalue weighted by molar-refractivity contribution is 6.31. The Labute approximate surface area is 64.0 Å². The molecule has 1 N–H and O–H groups in total. The summed E-state index contributed by atoms with van der Waals surface area (Å²) in [6.45, 7) is 2.77. The Morgan fingerprint density at radius 2 is 2.60 bits per heavy atom. The van der Waals surface area contributed by atoms with E-state index in [0.717, 1.165) is 30.4 Å². The molecule has 54 valence electrons. The first kappa shape index (κ1) is 6.19. The van der Waals surface area contributed by atoms with E-state index in [1.165, 1.54) is 0 Å². The number of rotatable bonds is 0. The van der Waals surface area contributed by atoms with E-state index >= 15 is 0 Å².